The van der Waals surface area contributed by atoms with Crippen molar-refractivity contribution in [3.63, 3.8) is 0 Å². The first-order valence-corrected chi connectivity index (χ1v) is 6.34. The van der Waals surface area contributed by atoms with E-state index in [-0.39, 0.29) is 18.0 Å². The van der Waals surface area contributed by atoms with E-state index in [0.29, 0.717) is 11.3 Å². The predicted octanol–water partition coefficient (Wildman–Crippen LogP) is 2.27. The van der Waals surface area contributed by atoms with Crippen LogP contribution in [0, 0.1) is 5.82 Å². The number of aromatic amines is 1. The molecule has 5 heteroatoms. The molecule has 2 N–H and O–H groups in total. The Morgan fingerprint density at radius 3 is 2.95 bits per heavy atom. The van der Waals surface area contributed by atoms with E-state index in [2.05, 4.69) is 15.3 Å². The molecule has 1 aromatic carbocycles. The van der Waals surface area contributed by atoms with Crippen LogP contribution < -0.4 is 5.32 Å². The molecule has 100 valence electrons. The quantitative estimate of drug-likeness (QED) is 0.891. The van der Waals surface area contributed by atoms with E-state index < -0.39 is 0 Å². The summed E-state index contributed by atoms with van der Waals surface area (Å²) >= 11 is 0. The summed E-state index contributed by atoms with van der Waals surface area (Å²) in [6.07, 6.45) is 2.77. The molecule has 0 saturated carbocycles. The highest BCUT2D eigenvalue weighted by Gasteiger charge is 2.27. The average Bonchev–Trinajstić information content (AvgIpc) is 3.08. The number of methoxy groups -OCH3 is 1. The van der Waals surface area contributed by atoms with Crippen molar-refractivity contribution in [2.45, 2.75) is 18.6 Å². The van der Waals surface area contributed by atoms with Crippen molar-refractivity contribution in [1.82, 2.24) is 15.3 Å². The van der Waals surface area contributed by atoms with Gasteiger partial charge in [-0.2, -0.15) is 0 Å². The largest absolute Gasteiger partial charge is 0.380 e. The fraction of sp³-hybridized carbons (Fsp3) is 0.357. The van der Waals surface area contributed by atoms with Crippen molar-refractivity contribution in [2.24, 2.45) is 0 Å². The van der Waals surface area contributed by atoms with Crippen LogP contribution in [0.1, 0.15) is 18.3 Å². The van der Waals surface area contributed by atoms with Crippen molar-refractivity contribution in [3.8, 4) is 11.3 Å². The highest BCUT2D eigenvalue weighted by molar-refractivity contribution is 5.59. The van der Waals surface area contributed by atoms with E-state index in [1.54, 1.807) is 25.4 Å². The molecule has 19 heavy (non-hydrogen) atoms. The number of aromatic nitrogens is 2. The Hall–Kier alpha value is -1.72. The van der Waals surface area contributed by atoms with Crippen LogP contribution in [0.4, 0.5) is 4.39 Å². The molecule has 2 unspecified atom stereocenters. The zero-order valence-corrected chi connectivity index (χ0v) is 10.7. The van der Waals surface area contributed by atoms with Gasteiger partial charge in [-0.15, -0.1) is 0 Å². The molecule has 0 aliphatic carbocycles. The molecule has 1 aliphatic rings. The molecule has 4 nitrogen and oxygen atoms in total. The van der Waals surface area contributed by atoms with Gasteiger partial charge < -0.3 is 15.0 Å². The zero-order valence-electron chi connectivity index (χ0n) is 10.7. The summed E-state index contributed by atoms with van der Waals surface area (Å²) in [5.74, 6) is 0.588. The average molecular weight is 261 g/mol. The standard InChI is InChI=1S/C14H16FN3O/c1-19-9-6-12(16-7-9)14-17-8-13(18-14)10-4-2-3-5-11(10)15/h2-5,8-9,12,16H,6-7H2,1H3,(H,17,18). The Morgan fingerprint density at radius 1 is 1.37 bits per heavy atom. The highest BCUT2D eigenvalue weighted by Crippen LogP contribution is 2.26. The minimum absolute atomic E-state index is 0.144. The molecule has 1 aromatic heterocycles. The third-order valence-electron chi connectivity index (χ3n) is 3.51. The van der Waals surface area contributed by atoms with Gasteiger partial charge in [0.1, 0.15) is 11.6 Å². The van der Waals surface area contributed by atoms with Gasteiger partial charge in [-0.05, 0) is 18.6 Å². The van der Waals surface area contributed by atoms with Gasteiger partial charge in [0.15, 0.2) is 0 Å². The number of imidazole rings is 1. The molecule has 1 aliphatic heterocycles. The van der Waals surface area contributed by atoms with Crippen molar-refractivity contribution in [2.75, 3.05) is 13.7 Å². The molecule has 2 heterocycles. The number of benzene rings is 1. The molecule has 0 amide bonds. The first kappa shape index (κ1) is 12.3. The number of ether oxygens (including phenoxy) is 1. The second-order valence-corrected chi connectivity index (χ2v) is 4.72. The van der Waals surface area contributed by atoms with Crippen LogP contribution in [0.2, 0.25) is 0 Å². The van der Waals surface area contributed by atoms with Crippen molar-refractivity contribution in [3.05, 3.63) is 42.1 Å². The first-order valence-electron chi connectivity index (χ1n) is 6.34. The number of nitrogens with one attached hydrogen (secondary N) is 2. The molecule has 3 rings (SSSR count). The number of nitrogens with zero attached hydrogens (tertiary/aromatic N) is 1. The first-order chi connectivity index (χ1) is 9.28. The second-order valence-electron chi connectivity index (χ2n) is 4.72. The van der Waals surface area contributed by atoms with E-state index >= 15 is 0 Å². The highest BCUT2D eigenvalue weighted by atomic mass is 19.1. The second kappa shape index (κ2) is 5.11. The van der Waals surface area contributed by atoms with Crippen LogP contribution in [-0.4, -0.2) is 29.7 Å². The monoisotopic (exact) mass is 261 g/mol. The van der Waals surface area contributed by atoms with Gasteiger partial charge in [-0.25, -0.2) is 9.37 Å². The zero-order chi connectivity index (χ0) is 13.2. The molecule has 0 spiro atoms. The van der Waals surface area contributed by atoms with E-state index in [1.165, 1.54) is 6.07 Å². The van der Waals surface area contributed by atoms with Gasteiger partial charge in [0, 0.05) is 19.2 Å². The van der Waals surface area contributed by atoms with Gasteiger partial charge in [0.2, 0.25) is 0 Å². The SMILES string of the molecule is COC1CNC(c2ncc(-c3ccccc3F)[nH]2)C1. The summed E-state index contributed by atoms with van der Waals surface area (Å²) in [5.41, 5.74) is 1.25. The maximum atomic E-state index is 13.7. The Kier molecular flexibility index (Phi) is 3.31. The lowest BCUT2D eigenvalue weighted by atomic mass is 10.1. The third-order valence-corrected chi connectivity index (χ3v) is 3.51. The number of hydrogen-bond acceptors (Lipinski definition) is 3. The lowest BCUT2D eigenvalue weighted by Crippen LogP contribution is -2.16. The summed E-state index contributed by atoms with van der Waals surface area (Å²) in [6.45, 7) is 0.816. The predicted molar refractivity (Wildman–Crippen MR) is 70.1 cm³/mol. The molecule has 1 fully saturated rings. The minimum Gasteiger partial charge on any atom is -0.380 e. The van der Waals surface area contributed by atoms with Gasteiger partial charge in [0.05, 0.1) is 24.0 Å². The fourth-order valence-corrected chi connectivity index (χ4v) is 2.42. The fourth-order valence-electron chi connectivity index (χ4n) is 2.42. The van der Waals surface area contributed by atoms with Gasteiger partial charge in [-0.1, -0.05) is 12.1 Å². The number of H-pyrrole nitrogens is 1. The molecular weight excluding hydrogens is 245 g/mol. The van der Waals surface area contributed by atoms with Gasteiger partial charge in [0.25, 0.3) is 0 Å². The Morgan fingerprint density at radius 2 is 2.21 bits per heavy atom. The van der Waals surface area contributed by atoms with Crippen LogP contribution in [0.5, 0.6) is 0 Å². The van der Waals surface area contributed by atoms with E-state index in [1.807, 2.05) is 6.07 Å². The van der Waals surface area contributed by atoms with Gasteiger partial charge in [-0.3, -0.25) is 0 Å². The minimum atomic E-state index is -0.244. The van der Waals surface area contributed by atoms with E-state index in [4.69, 9.17) is 4.74 Å². The number of hydrogen-bond donors (Lipinski definition) is 2. The third kappa shape index (κ3) is 2.39. The van der Waals surface area contributed by atoms with Crippen molar-refractivity contribution < 1.29 is 9.13 Å². The van der Waals surface area contributed by atoms with Crippen molar-refractivity contribution >= 4 is 0 Å². The molecule has 1 saturated heterocycles. The Labute approximate surface area is 111 Å². The van der Waals surface area contributed by atoms with Crippen LogP contribution in [0.15, 0.2) is 30.5 Å². The van der Waals surface area contributed by atoms with Crippen molar-refractivity contribution in [1.29, 1.82) is 0 Å². The Balaban J connectivity index is 1.82. The van der Waals surface area contributed by atoms with Crippen LogP contribution in [0.3, 0.4) is 0 Å². The van der Waals surface area contributed by atoms with E-state index in [0.717, 1.165) is 18.8 Å². The van der Waals surface area contributed by atoms with E-state index in [9.17, 15) is 4.39 Å². The molecule has 0 bridgehead atoms. The summed E-state index contributed by atoms with van der Waals surface area (Å²) in [6, 6.07) is 6.83. The molecule has 2 aromatic rings. The van der Waals surface area contributed by atoms with Gasteiger partial charge >= 0.3 is 0 Å². The number of halogens is 1. The summed E-state index contributed by atoms with van der Waals surface area (Å²) in [5, 5.41) is 3.34. The normalized spacial score (nSPS) is 22.8. The summed E-state index contributed by atoms with van der Waals surface area (Å²) in [7, 11) is 1.71. The lowest BCUT2D eigenvalue weighted by Gasteiger charge is -2.06. The topological polar surface area (TPSA) is 49.9 Å². The van der Waals surface area contributed by atoms with Crippen LogP contribution >= 0.6 is 0 Å². The smallest absolute Gasteiger partial charge is 0.132 e. The molecular formula is C14H16FN3O. The molecule has 2 atom stereocenters. The van der Waals surface area contributed by atoms with Crippen LogP contribution in [-0.2, 0) is 4.74 Å². The van der Waals surface area contributed by atoms with Crippen LogP contribution in [0.25, 0.3) is 11.3 Å². The number of rotatable bonds is 3. The lowest BCUT2D eigenvalue weighted by molar-refractivity contribution is 0.117. The summed E-state index contributed by atoms with van der Waals surface area (Å²) in [4.78, 5) is 7.53. The maximum Gasteiger partial charge on any atom is 0.132 e. The summed E-state index contributed by atoms with van der Waals surface area (Å²) < 4.78 is 19.0. The Bertz CT molecular complexity index is 569. The molecule has 0 radical (unpaired) electrons. The maximum absolute atomic E-state index is 13.7.